The summed E-state index contributed by atoms with van der Waals surface area (Å²) in [5, 5.41) is 3.55. The zero-order valence-corrected chi connectivity index (χ0v) is 11.2. The first-order valence-corrected chi connectivity index (χ1v) is 6.07. The summed E-state index contributed by atoms with van der Waals surface area (Å²) in [5.74, 6) is -0.105. The number of nitrogens with one attached hydrogen (secondary N) is 1. The van der Waals surface area contributed by atoms with Gasteiger partial charge in [-0.25, -0.2) is 0 Å². The van der Waals surface area contributed by atoms with Crippen LogP contribution in [0.2, 0.25) is 5.02 Å². The monoisotopic (exact) mass is 255 g/mol. The normalized spacial score (nSPS) is 12.2. The molecule has 0 radical (unpaired) electrons. The number of benzene rings is 1. The van der Waals surface area contributed by atoms with Crippen LogP contribution < -0.4 is 5.32 Å². The van der Waals surface area contributed by atoms with E-state index in [9.17, 15) is 4.79 Å². The van der Waals surface area contributed by atoms with Gasteiger partial charge in [-0.2, -0.15) is 0 Å². The van der Waals surface area contributed by atoms with Crippen molar-refractivity contribution in [3.63, 3.8) is 0 Å². The molecule has 0 aliphatic rings. The van der Waals surface area contributed by atoms with Gasteiger partial charge < -0.3 is 10.1 Å². The molecule has 1 rings (SSSR count). The third-order valence-electron chi connectivity index (χ3n) is 2.62. The van der Waals surface area contributed by atoms with Crippen LogP contribution >= 0.6 is 11.6 Å². The molecule has 1 amide bonds. The molecule has 1 unspecified atom stereocenters. The van der Waals surface area contributed by atoms with E-state index in [1.165, 1.54) is 0 Å². The van der Waals surface area contributed by atoms with Crippen LogP contribution in [0.15, 0.2) is 18.2 Å². The molecule has 94 valence electrons. The van der Waals surface area contributed by atoms with Crippen LogP contribution in [0, 0.1) is 6.92 Å². The molecule has 1 aromatic carbocycles. The molecule has 1 N–H and O–H groups in total. The van der Waals surface area contributed by atoms with Crippen LogP contribution in [0.25, 0.3) is 0 Å². The van der Waals surface area contributed by atoms with Gasteiger partial charge in [0.15, 0.2) is 0 Å². The van der Waals surface area contributed by atoms with E-state index in [2.05, 4.69) is 5.32 Å². The van der Waals surface area contributed by atoms with E-state index in [1.54, 1.807) is 6.92 Å². The number of hydrogen-bond acceptors (Lipinski definition) is 2. The number of amides is 1. The Hall–Kier alpha value is -1.06. The van der Waals surface area contributed by atoms with Gasteiger partial charge in [0.2, 0.25) is 5.91 Å². The molecule has 0 aromatic heterocycles. The minimum atomic E-state index is -0.417. The summed E-state index contributed by atoms with van der Waals surface area (Å²) < 4.78 is 5.21. The van der Waals surface area contributed by atoms with E-state index < -0.39 is 6.10 Å². The molecule has 1 aromatic rings. The zero-order chi connectivity index (χ0) is 12.8. The molecule has 1 atom stereocenters. The largest absolute Gasteiger partial charge is 0.369 e. The van der Waals surface area contributed by atoms with Gasteiger partial charge in [0, 0.05) is 18.2 Å². The molecule has 0 saturated heterocycles. The van der Waals surface area contributed by atoms with Crippen molar-refractivity contribution in [2.45, 2.75) is 33.4 Å². The van der Waals surface area contributed by atoms with Gasteiger partial charge in [-0.1, -0.05) is 23.7 Å². The Morgan fingerprint density at radius 3 is 2.88 bits per heavy atom. The first kappa shape index (κ1) is 14.0. The zero-order valence-electron chi connectivity index (χ0n) is 10.4. The smallest absolute Gasteiger partial charge is 0.249 e. The van der Waals surface area contributed by atoms with Crippen molar-refractivity contribution in [1.29, 1.82) is 0 Å². The van der Waals surface area contributed by atoms with Crippen LogP contribution in [0.1, 0.15) is 25.0 Å². The lowest BCUT2D eigenvalue weighted by Crippen LogP contribution is -2.34. The number of carbonyl (C=O) groups excluding carboxylic acids is 1. The van der Waals surface area contributed by atoms with Gasteiger partial charge in [0.25, 0.3) is 0 Å². The van der Waals surface area contributed by atoms with Gasteiger partial charge in [0.05, 0.1) is 0 Å². The number of hydrogen-bond donors (Lipinski definition) is 1. The van der Waals surface area contributed by atoms with E-state index in [1.807, 2.05) is 32.0 Å². The number of rotatable bonds is 5. The predicted octanol–water partition coefficient (Wildman–Crippen LogP) is 2.69. The quantitative estimate of drug-likeness (QED) is 0.879. The van der Waals surface area contributed by atoms with Crippen molar-refractivity contribution in [2.75, 3.05) is 6.61 Å². The molecule has 0 aliphatic heterocycles. The van der Waals surface area contributed by atoms with Gasteiger partial charge in [-0.05, 0) is 38.0 Å². The predicted molar refractivity (Wildman–Crippen MR) is 69.1 cm³/mol. The van der Waals surface area contributed by atoms with E-state index in [0.717, 1.165) is 16.1 Å². The SMILES string of the molecule is CCOC(C)C(=O)NCc1cccc(Cl)c1C. The Kier molecular flexibility index (Phi) is 5.45. The minimum Gasteiger partial charge on any atom is -0.369 e. The Morgan fingerprint density at radius 1 is 1.53 bits per heavy atom. The van der Waals surface area contributed by atoms with E-state index in [-0.39, 0.29) is 5.91 Å². The van der Waals surface area contributed by atoms with Crippen molar-refractivity contribution >= 4 is 17.5 Å². The Morgan fingerprint density at radius 2 is 2.24 bits per heavy atom. The van der Waals surface area contributed by atoms with Crippen LogP contribution in [0.5, 0.6) is 0 Å². The highest BCUT2D eigenvalue weighted by atomic mass is 35.5. The van der Waals surface area contributed by atoms with Gasteiger partial charge in [-0.15, -0.1) is 0 Å². The Bertz CT molecular complexity index is 393. The molecule has 0 fully saturated rings. The lowest BCUT2D eigenvalue weighted by molar-refractivity contribution is -0.131. The highest BCUT2D eigenvalue weighted by molar-refractivity contribution is 6.31. The summed E-state index contributed by atoms with van der Waals surface area (Å²) in [6.07, 6.45) is -0.417. The second kappa shape index (κ2) is 6.62. The van der Waals surface area contributed by atoms with Crippen molar-refractivity contribution < 1.29 is 9.53 Å². The maximum atomic E-state index is 11.6. The standard InChI is InChI=1S/C13H18ClNO2/c1-4-17-10(3)13(16)15-8-11-6-5-7-12(14)9(11)2/h5-7,10H,4,8H2,1-3H3,(H,15,16). The second-order valence-corrected chi connectivity index (χ2v) is 4.25. The molecule has 0 spiro atoms. The van der Waals surface area contributed by atoms with Gasteiger partial charge >= 0.3 is 0 Å². The average Bonchev–Trinajstić information content (AvgIpc) is 2.31. The third-order valence-corrected chi connectivity index (χ3v) is 3.03. The summed E-state index contributed by atoms with van der Waals surface area (Å²) in [4.78, 5) is 11.6. The second-order valence-electron chi connectivity index (χ2n) is 3.84. The fourth-order valence-corrected chi connectivity index (χ4v) is 1.69. The van der Waals surface area contributed by atoms with E-state index in [4.69, 9.17) is 16.3 Å². The highest BCUT2D eigenvalue weighted by Crippen LogP contribution is 2.18. The lowest BCUT2D eigenvalue weighted by Gasteiger charge is -2.13. The van der Waals surface area contributed by atoms with E-state index >= 15 is 0 Å². The highest BCUT2D eigenvalue weighted by Gasteiger charge is 2.12. The first-order valence-electron chi connectivity index (χ1n) is 5.69. The van der Waals surface area contributed by atoms with Crippen molar-refractivity contribution in [3.05, 3.63) is 34.3 Å². The third kappa shape index (κ3) is 4.02. The first-order chi connectivity index (χ1) is 8.06. The number of carbonyl (C=O) groups is 1. The van der Waals surface area contributed by atoms with Crippen LogP contribution in [-0.2, 0) is 16.1 Å². The molecule has 0 heterocycles. The molecule has 0 aliphatic carbocycles. The van der Waals surface area contributed by atoms with Gasteiger partial charge in [0.1, 0.15) is 6.10 Å². The molecule has 0 saturated carbocycles. The number of halogens is 1. The Balaban J connectivity index is 2.56. The molecular formula is C13H18ClNO2. The van der Waals surface area contributed by atoms with Crippen LogP contribution in [0.3, 0.4) is 0 Å². The lowest BCUT2D eigenvalue weighted by atomic mass is 10.1. The topological polar surface area (TPSA) is 38.3 Å². The maximum Gasteiger partial charge on any atom is 0.249 e. The van der Waals surface area contributed by atoms with Gasteiger partial charge in [-0.3, -0.25) is 4.79 Å². The molecular weight excluding hydrogens is 238 g/mol. The summed E-state index contributed by atoms with van der Waals surface area (Å²) >= 11 is 6.00. The van der Waals surface area contributed by atoms with Crippen LogP contribution in [-0.4, -0.2) is 18.6 Å². The average molecular weight is 256 g/mol. The fraction of sp³-hybridized carbons (Fsp3) is 0.462. The van der Waals surface area contributed by atoms with Crippen LogP contribution in [0.4, 0.5) is 0 Å². The minimum absolute atomic E-state index is 0.105. The molecule has 17 heavy (non-hydrogen) atoms. The maximum absolute atomic E-state index is 11.6. The molecule has 4 heteroatoms. The number of ether oxygens (including phenoxy) is 1. The van der Waals surface area contributed by atoms with Crippen molar-refractivity contribution in [1.82, 2.24) is 5.32 Å². The van der Waals surface area contributed by atoms with Crippen molar-refractivity contribution in [3.8, 4) is 0 Å². The summed E-state index contributed by atoms with van der Waals surface area (Å²) in [5.41, 5.74) is 2.02. The molecule has 3 nitrogen and oxygen atoms in total. The summed E-state index contributed by atoms with van der Waals surface area (Å²) in [6, 6.07) is 5.67. The summed E-state index contributed by atoms with van der Waals surface area (Å²) in [6.45, 7) is 6.55. The van der Waals surface area contributed by atoms with E-state index in [0.29, 0.717) is 13.2 Å². The van der Waals surface area contributed by atoms with Crippen molar-refractivity contribution in [2.24, 2.45) is 0 Å². The summed E-state index contributed by atoms with van der Waals surface area (Å²) in [7, 11) is 0. The fourth-order valence-electron chi connectivity index (χ4n) is 1.50. The Labute approximate surface area is 107 Å². The molecule has 0 bridgehead atoms.